The Kier molecular flexibility index (Phi) is 5.07. The maximum absolute atomic E-state index is 5.89. The average molecular weight is 213 g/mol. The van der Waals surface area contributed by atoms with Gasteiger partial charge in [-0.1, -0.05) is 39.5 Å². The molecule has 1 N–H and O–H groups in total. The molecule has 2 unspecified atom stereocenters. The Bertz CT molecular complexity index is 175. The minimum atomic E-state index is 0.0996. The van der Waals surface area contributed by atoms with Crippen LogP contribution in [-0.4, -0.2) is 25.8 Å². The van der Waals surface area contributed by atoms with E-state index >= 15 is 0 Å². The second-order valence-electron chi connectivity index (χ2n) is 4.98. The molecule has 0 aromatic rings. The van der Waals surface area contributed by atoms with Crippen molar-refractivity contribution in [2.45, 2.75) is 64.0 Å². The van der Waals surface area contributed by atoms with Crippen LogP contribution in [0, 0.1) is 5.92 Å². The summed E-state index contributed by atoms with van der Waals surface area (Å²) in [4.78, 5) is 0. The summed E-state index contributed by atoms with van der Waals surface area (Å²) in [5, 5.41) is 3.49. The lowest BCUT2D eigenvalue weighted by Gasteiger charge is -2.45. The van der Waals surface area contributed by atoms with Crippen molar-refractivity contribution >= 4 is 0 Å². The number of hydrogen-bond acceptors (Lipinski definition) is 2. The predicted molar refractivity (Wildman–Crippen MR) is 65.1 cm³/mol. The smallest absolute Gasteiger partial charge is 0.0833 e. The van der Waals surface area contributed by atoms with Gasteiger partial charge in [-0.2, -0.15) is 0 Å². The Morgan fingerprint density at radius 3 is 2.27 bits per heavy atom. The molecular formula is C13H27NO. The fourth-order valence-corrected chi connectivity index (χ4v) is 3.09. The third-order valence-corrected chi connectivity index (χ3v) is 4.20. The summed E-state index contributed by atoms with van der Waals surface area (Å²) in [7, 11) is 3.96. The number of nitrogens with one attached hydrogen (secondary N) is 1. The Morgan fingerprint density at radius 1 is 1.27 bits per heavy atom. The normalized spacial score (nSPS) is 24.8. The van der Waals surface area contributed by atoms with Crippen molar-refractivity contribution in [1.82, 2.24) is 5.32 Å². The van der Waals surface area contributed by atoms with Gasteiger partial charge in [0.15, 0.2) is 0 Å². The first-order chi connectivity index (χ1) is 7.20. The van der Waals surface area contributed by atoms with E-state index in [4.69, 9.17) is 4.74 Å². The molecule has 0 bridgehead atoms. The van der Waals surface area contributed by atoms with Crippen LogP contribution < -0.4 is 5.32 Å². The van der Waals surface area contributed by atoms with E-state index in [1.807, 2.05) is 7.11 Å². The van der Waals surface area contributed by atoms with Crippen molar-refractivity contribution in [2.24, 2.45) is 5.92 Å². The van der Waals surface area contributed by atoms with E-state index in [-0.39, 0.29) is 5.60 Å². The first-order valence-electron chi connectivity index (χ1n) is 6.42. The van der Waals surface area contributed by atoms with Crippen LogP contribution >= 0.6 is 0 Å². The van der Waals surface area contributed by atoms with Crippen LogP contribution in [-0.2, 0) is 4.74 Å². The van der Waals surface area contributed by atoms with Gasteiger partial charge >= 0.3 is 0 Å². The number of methoxy groups -OCH3 is 1. The minimum Gasteiger partial charge on any atom is -0.377 e. The van der Waals surface area contributed by atoms with Crippen LogP contribution in [0.2, 0.25) is 0 Å². The monoisotopic (exact) mass is 213 g/mol. The zero-order valence-corrected chi connectivity index (χ0v) is 10.8. The fourth-order valence-electron chi connectivity index (χ4n) is 3.09. The van der Waals surface area contributed by atoms with E-state index in [0.29, 0.717) is 12.0 Å². The molecule has 0 heterocycles. The summed E-state index contributed by atoms with van der Waals surface area (Å²) in [5.74, 6) is 0.688. The van der Waals surface area contributed by atoms with Crippen molar-refractivity contribution in [2.75, 3.05) is 14.2 Å². The van der Waals surface area contributed by atoms with E-state index in [2.05, 4.69) is 26.2 Å². The molecule has 1 fully saturated rings. The Labute approximate surface area is 94.8 Å². The molecule has 2 heteroatoms. The summed E-state index contributed by atoms with van der Waals surface area (Å²) in [6, 6.07) is 0.507. The predicted octanol–water partition coefficient (Wildman–Crippen LogP) is 2.97. The summed E-state index contributed by atoms with van der Waals surface area (Å²) < 4.78 is 5.89. The van der Waals surface area contributed by atoms with Crippen LogP contribution in [0.5, 0.6) is 0 Å². The van der Waals surface area contributed by atoms with E-state index in [9.17, 15) is 0 Å². The molecule has 1 rings (SSSR count). The highest BCUT2D eigenvalue weighted by molar-refractivity contribution is 4.96. The maximum atomic E-state index is 5.89. The van der Waals surface area contributed by atoms with Crippen molar-refractivity contribution in [3.05, 3.63) is 0 Å². The molecule has 0 aromatic carbocycles. The van der Waals surface area contributed by atoms with Gasteiger partial charge in [-0.05, 0) is 25.8 Å². The second-order valence-corrected chi connectivity index (χ2v) is 4.98. The third-order valence-electron chi connectivity index (χ3n) is 4.20. The SMILES string of the molecule is CCC(C)C(NC)C1(OC)CCCCC1. The molecule has 1 aliphatic carbocycles. The molecule has 2 atom stereocenters. The van der Waals surface area contributed by atoms with E-state index in [1.54, 1.807) is 0 Å². The number of likely N-dealkylation sites (N-methyl/N-ethyl adjacent to an activating group) is 1. The lowest BCUT2D eigenvalue weighted by molar-refractivity contribution is -0.0784. The summed E-state index contributed by atoms with van der Waals surface area (Å²) in [5.41, 5.74) is 0.0996. The van der Waals surface area contributed by atoms with Gasteiger partial charge in [0.2, 0.25) is 0 Å². The van der Waals surface area contributed by atoms with Gasteiger partial charge in [-0.25, -0.2) is 0 Å². The van der Waals surface area contributed by atoms with E-state index < -0.39 is 0 Å². The first-order valence-corrected chi connectivity index (χ1v) is 6.42. The number of hydrogen-bond donors (Lipinski definition) is 1. The zero-order valence-electron chi connectivity index (χ0n) is 10.8. The molecule has 0 saturated heterocycles. The van der Waals surface area contributed by atoms with Crippen LogP contribution in [0.4, 0.5) is 0 Å². The molecule has 0 amide bonds. The van der Waals surface area contributed by atoms with Gasteiger partial charge in [0.1, 0.15) is 0 Å². The van der Waals surface area contributed by atoms with Crippen LogP contribution in [0.15, 0.2) is 0 Å². The van der Waals surface area contributed by atoms with Crippen LogP contribution in [0.25, 0.3) is 0 Å². The zero-order chi connectivity index (χ0) is 11.3. The topological polar surface area (TPSA) is 21.3 Å². The lowest BCUT2D eigenvalue weighted by Crippen LogP contribution is -2.55. The molecule has 0 spiro atoms. The van der Waals surface area contributed by atoms with Crippen molar-refractivity contribution in [3.8, 4) is 0 Å². The maximum Gasteiger partial charge on any atom is 0.0833 e. The third kappa shape index (κ3) is 2.73. The Hall–Kier alpha value is -0.0800. The molecule has 15 heavy (non-hydrogen) atoms. The van der Waals surface area contributed by atoms with Crippen molar-refractivity contribution < 1.29 is 4.74 Å². The van der Waals surface area contributed by atoms with Gasteiger partial charge in [0.05, 0.1) is 5.60 Å². The van der Waals surface area contributed by atoms with Crippen LogP contribution in [0.1, 0.15) is 52.4 Å². The molecule has 0 aliphatic heterocycles. The summed E-state index contributed by atoms with van der Waals surface area (Å²) in [6.45, 7) is 4.59. The molecular weight excluding hydrogens is 186 g/mol. The highest BCUT2D eigenvalue weighted by Crippen LogP contribution is 2.37. The highest BCUT2D eigenvalue weighted by Gasteiger charge is 2.41. The Morgan fingerprint density at radius 2 is 1.87 bits per heavy atom. The molecule has 0 aromatic heterocycles. The van der Waals surface area contributed by atoms with Gasteiger partial charge in [-0.3, -0.25) is 0 Å². The summed E-state index contributed by atoms with van der Waals surface area (Å²) in [6.07, 6.45) is 7.68. The molecule has 2 nitrogen and oxygen atoms in total. The average Bonchev–Trinajstić information content (AvgIpc) is 2.30. The van der Waals surface area contributed by atoms with Gasteiger partial charge in [-0.15, -0.1) is 0 Å². The van der Waals surface area contributed by atoms with Crippen molar-refractivity contribution in [3.63, 3.8) is 0 Å². The lowest BCUT2D eigenvalue weighted by atomic mass is 9.74. The largest absolute Gasteiger partial charge is 0.377 e. The van der Waals surface area contributed by atoms with Gasteiger partial charge in [0, 0.05) is 13.2 Å². The number of ether oxygens (including phenoxy) is 1. The molecule has 90 valence electrons. The quantitative estimate of drug-likeness (QED) is 0.758. The summed E-state index contributed by atoms with van der Waals surface area (Å²) >= 11 is 0. The molecule has 1 aliphatic rings. The van der Waals surface area contributed by atoms with E-state index in [0.717, 1.165) is 0 Å². The molecule has 0 radical (unpaired) electrons. The Balaban J connectivity index is 2.75. The van der Waals surface area contributed by atoms with Crippen molar-refractivity contribution in [1.29, 1.82) is 0 Å². The fraction of sp³-hybridized carbons (Fsp3) is 1.00. The van der Waals surface area contributed by atoms with Gasteiger partial charge in [0.25, 0.3) is 0 Å². The first kappa shape index (κ1) is 13.0. The minimum absolute atomic E-state index is 0.0996. The molecule has 1 saturated carbocycles. The van der Waals surface area contributed by atoms with Crippen LogP contribution in [0.3, 0.4) is 0 Å². The number of rotatable bonds is 5. The van der Waals surface area contributed by atoms with E-state index in [1.165, 1.54) is 38.5 Å². The standard InChI is InChI=1S/C13H27NO/c1-5-11(2)12(14-3)13(15-4)9-7-6-8-10-13/h11-12,14H,5-10H2,1-4H3. The highest BCUT2D eigenvalue weighted by atomic mass is 16.5. The second kappa shape index (κ2) is 5.86. The van der Waals surface area contributed by atoms with Gasteiger partial charge < -0.3 is 10.1 Å².